The fourth-order valence-corrected chi connectivity index (χ4v) is 3.64. The van der Waals surface area contributed by atoms with Crippen LogP contribution < -0.4 is 15.4 Å². The number of fused-ring (bicyclic) bond motifs is 1. The van der Waals surface area contributed by atoms with Gasteiger partial charge in [-0.25, -0.2) is 8.91 Å². The van der Waals surface area contributed by atoms with Gasteiger partial charge in [-0.15, -0.1) is 0 Å². The fourth-order valence-electron chi connectivity index (χ4n) is 3.64. The Balaban J connectivity index is 1.71. The highest BCUT2D eigenvalue weighted by Crippen LogP contribution is 2.29. The molecule has 0 fully saturated rings. The van der Waals surface area contributed by atoms with Gasteiger partial charge in [-0.3, -0.25) is 14.8 Å². The lowest BCUT2D eigenvalue weighted by atomic mass is 10.0. The summed E-state index contributed by atoms with van der Waals surface area (Å²) in [6, 6.07) is 10.8. The van der Waals surface area contributed by atoms with Gasteiger partial charge in [0.1, 0.15) is 18.0 Å². The van der Waals surface area contributed by atoms with Crippen molar-refractivity contribution >= 4 is 22.8 Å². The van der Waals surface area contributed by atoms with E-state index in [-0.39, 0.29) is 18.2 Å². The van der Waals surface area contributed by atoms with Crippen molar-refractivity contribution in [1.82, 2.24) is 24.9 Å². The van der Waals surface area contributed by atoms with Gasteiger partial charge in [0.05, 0.1) is 76.2 Å². The summed E-state index contributed by atoms with van der Waals surface area (Å²) < 4.78 is 21.7. The number of aliphatic hydroxyl groups is 1. The SMILES string of the molecule is CC(C)Oc1cncc(Nc2cc(-c3ccc4cc(C#N)cnn34)ncc2C(=O)NCC(F)C(C)(C)O)c1. The maximum absolute atomic E-state index is 14.3. The zero-order chi connectivity index (χ0) is 27.4. The van der Waals surface area contributed by atoms with Crippen LogP contribution in [0.1, 0.15) is 43.6 Å². The van der Waals surface area contributed by atoms with Crippen LogP contribution in [0, 0.1) is 11.3 Å². The molecule has 3 N–H and O–H groups in total. The zero-order valence-corrected chi connectivity index (χ0v) is 21.4. The molecule has 4 aromatic rings. The summed E-state index contributed by atoms with van der Waals surface area (Å²) in [5.74, 6) is -0.0244. The molecule has 0 spiro atoms. The van der Waals surface area contributed by atoms with Gasteiger partial charge in [-0.05, 0) is 52.0 Å². The smallest absolute Gasteiger partial charge is 0.255 e. The minimum Gasteiger partial charge on any atom is -0.489 e. The standard InChI is InChI=1S/C27H28FN7O3/c1-16(2)38-20-8-18(12-30-13-20)34-22-9-23(24-6-5-19-7-17(10-29)11-33-35(19)24)31-14-21(22)26(36)32-15-25(28)27(3,4)37/h5-9,11-14,16,25,37H,15H2,1-4H3,(H,31,34)(H,32,36). The first-order valence-electron chi connectivity index (χ1n) is 12.0. The van der Waals surface area contributed by atoms with E-state index < -0.39 is 17.7 Å². The fraction of sp³-hybridized carbons (Fsp3) is 0.296. The van der Waals surface area contributed by atoms with E-state index in [2.05, 4.69) is 31.8 Å². The molecule has 1 atom stereocenters. The van der Waals surface area contributed by atoms with Crippen LogP contribution in [-0.2, 0) is 0 Å². The predicted molar refractivity (Wildman–Crippen MR) is 140 cm³/mol. The molecule has 4 heterocycles. The van der Waals surface area contributed by atoms with E-state index in [1.165, 1.54) is 26.2 Å². The monoisotopic (exact) mass is 517 g/mol. The van der Waals surface area contributed by atoms with E-state index in [1.54, 1.807) is 35.1 Å². The van der Waals surface area contributed by atoms with Crippen LogP contribution in [-0.4, -0.2) is 55.0 Å². The average molecular weight is 518 g/mol. The van der Waals surface area contributed by atoms with Crippen LogP contribution in [0.25, 0.3) is 16.9 Å². The van der Waals surface area contributed by atoms with E-state index in [9.17, 15) is 14.3 Å². The largest absolute Gasteiger partial charge is 0.489 e. The van der Waals surface area contributed by atoms with Crippen LogP contribution in [0.2, 0.25) is 0 Å². The molecular formula is C27H28FN7O3. The molecule has 4 aromatic heterocycles. The number of ether oxygens (including phenoxy) is 1. The molecule has 0 saturated heterocycles. The van der Waals surface area contributed by atoms with Gasteiger partial charge in [0, 0.05) is 12.3 Å². The normalized spacial score (nSPS) is 12.3. The van der Waals surface area contributed by atoms with Crippen LogP contribution in [0.4, 0.5) is 15.8 Å². The first-order chi connectivity index (χ1) is 18.0. The first-order valence-corrected chi connectivity index (χ1v) is 12.0. The van der Waals surface area contributed by atoms with Gasteiger partial charge in [-0.1, -0.05) is 0 Å². The number of alkyl halides is 1. The second-order valence-electron chi connectivity index (χ2n) is 9.56. The van der Waals surface area contributed by atoms with Crippen molar-refractivity contribution in [3.05, 3.63) is 66.2 Å². The summed E-state index contributed by atoms with van der Waals surface area (Å²) in [4.78, 5) is 21.7. The average Bonchev–Trinajstić information content (AvgIpc) is 3.29. The van der Waals surface area contributed by atoms with E-state index in [0.717, 1.165) is 0 Å². The molecule has 0 aliphatic heterocycles. The van der Waals surface area contributed by atoms with Crippen molar-refractivity contribution in [3.8, 4) is 23.2 Å². The van der Waals surface area contributed by atoms with Crippen LogP contribution in [0.5, 0.6) is 5.75 Å². The highest BCUT2D eigenvalue weighted by molar-refractivity contribution is 6.00. The van der Waals surface area contributed by atoms with E-state index >= 15 is 0 Å². The van der Waals surface area contributed by atoms with Crippen LogP contribution >= 0.6 is 0 Å². The molecular weight excluding hydrogens is 489 g/mol. The highest BCUT2D eigenvalue weighted by Gasteiger charge is 2.27. The number of hydrogen-bond donors (Lipinski definition) is 3. The van der Waals surface area contributed by atoms with E-state index in [1.807, 2.05) is 26.0 Å². The topological polar surface area (TPSA) is 137 Å². The number of hydrogen-bond acceptors (Lipinski definition) is 8. The quantitative estimate of drug-likeness (QED) is 0.303. The number of pyridine rings is 2. The van der Waals surface area contributed by atoms with Crippen LogP contribution in [0.3, 0.4) is 0 Å². The molecule has 11 heteroatoms. The number of rotatable bonds is 9. The van der Waals surface area contributed by atoms with Crippen molar-refractivity contribution in [2.24, 2.45) is 0 Å². The third kappa shape index (κ3) is 6.04. The van der Waals surface area contributed by atoms with Crippen molar-refractivity contribution in [1.29, 1.82) is 5.26 Å². The summed E-state index contributed by atoms with van der Waals surface area (Å²) >= 11 is 0. The first kappa shape index (κ1) is 26.5. The molecule has 4 rings (SSSR count). The van der Waals surface area contributed by atoms with Gasteiger partial charge in [0.2, 0.25) is 0 Å². The molecule has 0 aromatic carbocycles. The summed E-state index contributed by atoms with van der Waals surface area (Å²) in [7, 11) is 0. The summed E-state index contributed by atoms with van der Waals surface area (Å²) in [5, 5.41) is 29.1. The molecule has 0 aliphatic rings. The summed E-state index contributed by atoms with van der Waals surface area (Å²) in [6.07, 6.45) is 4.29. The van der Waals surface area contributed by atoms with Crippen molar-refractivity contribution in [2.75, 3.05) is 11.9 Å². The third-order valence-corrected chi connectivity index (χ3v) is 5.61. The van der Waals surface area contributed by atoms with E-state index in [4.69, 9.17) is 10.00 Å². The Morgan fingerprint density at radius 1 is 1.21 bits per heavy atom. The molecule has 0 bridgehead atoms. The van der Waals surface area contributed by atoms with Gasteiger partial charge >= 0.3 is 0 Å². The Labute approximate surface area is 219 Å². The highest BCUT2D eigenvalue weighted by atomic mass is 19.1. The molecule has 0 saturated carbocycles. The predicted octanol–water partition coefficient (Wildman–Crippen LogP) is 4.03. The molecule has 38 heavy (non-hydrogen) atoms. The Hall–Kier alpha value is -4.56. The van der Waals surface area contributed by atoms with Crippen molar-refractivity contribution < 1.29 is 19.0 Å². The van der Waals surface area contributed by atoms with Gasteiger partial charge in [-0.2, -0.15) is 10.4 Å². The Kier molecular flexibility index (Phi) is 7.55. The lowest BCUT2D eigenvalue weighted by molar-refractivity contribution is -0.00177. The molecule has 0 aliphatic carbocycles. The van der Waals surface area contributed by atoms with Crippen molar-refractivity contribution in [2.45, 2.75) is 45.6 Å². The number of aromatic nitrogens is 4. The summed E-state index contributed by atoms with van der Waals surface area (Å²) in [5.41, 5.74) is 1.78. The number of anilines is 2. The number of nitrogens with one attached hydrogen (secondary N) is 2. The number of nitrogens with zero attached hydrogens (tertiary/aromatic N) is 5. The number of carbonyl (C=O) groups is 1. The molecule has 1 amide bonds. The van der Waals surface area contributed by atoms with E-state index in [0.29, 0.717) is 39.6 Å². The minimum absolute atomic E-state index is 0.0537. The Morgan fingerprint density at radius 3 is 2.71 bits per heavy atom. The lowest BCUT2D eigenvalue weighted by Crippen LogP contribution is -2.42. The number of nitriles is 1. The minimum atomic E-state index is -1.67. The molecule has 196 valence electrons. The second-order valence-corrected chi connectivity index (χ2v) is 9.56. The lowest BCUT2D eigenvalue weighted by Gasteiger charge is -2.22. The number of carbonyl (C=O) groups excluding carboxylic acids is 1. The Bertz CT molecular complexity index is 1500. The van der Waals surface area contributed by atoms with Gasteiger partial charge in [0.25, 0.3) is 5.91 Å². The van der Waals surface area contributed by atoms with Crippen molar-refractivity contribution in [3.63, 3.8) is 0 Å². The third-order valence-electron chi connectivity index (χ3n) is 5.61. The Morgan fingerprint density at radius 2 is 2.00 bits per heavy atom. The number of halogens is 1. The van der Waals surface area contributed by atoms with Gasteiger partial charge in [0.15, 0.2) is 0 Å². The second kappa shape index (κ2) is 10.8. The van der Waals surface area contributed by atoms with Crippen LogP contribution in [0.15, 0.2) is 55.1 Å². The number of amides is 1. The molecule has 1 unspecified atom stereocenters. The maximum atomic E-state index is 14.3. The molecule has 10 nitrogen and oxygen atoms in total. The zero-order valence-electron chi connectivity index (χ0n) is 21.4. The summed E-state index contributed by atoms with van der Waals surface area (Å²) in [6.45, 7) is 6.10. The molecule has 0 radical (unpaired) electrons. The maximum Gasteiger partial charge on any atom is 0.255 e. The van der Waals surface area contributed by atoms with Gasteiger partial charge < -0.3 is 20.5 Å².